The number of hydrogen-bond acceptors (Lipinski definition) is 4. The minimum absolute atomic E-state index is 0.477. The first-order valence-electron chi connectivity index (χ1n) is 3.43. The lowest BCUT2D eigenvalue weighted by atomic mass is 10.2. The molecule has 0 rings (SSSR count). The van der Waals surface area contributed by atoms with Crippen LogP contribution in [0.15, 0.2) is 0 Å². The normalized spacial score (nSPS) is 17.8. The zero-order valence-electron chi connectivity index (χ0n) is 6.94. The molecule has 11 heavy (non-hydrogen) atoms. The van der Waals surface area contributed by atoms with Crippen LogP contribution in [-0.2, 0) is 14.3 Å². The van der Waals surface area contributed by atoms with E-state index in [2.05, 4.69) is 4.18 Å². The Hall–Kier alpha value is -0.130. The third-order valence-corrected chi connectivity index (χ3v) is 1.84. The zero-order chi connectivity index (χ0) is 9.07. The lowest BCUT2D eigenvalue weighted by Gasteiger charge is -2.16. The number of aliphatic hydroxyl groups is 1. The highest BCUT2D eigenvalue weighted by molar-refractivity contribution is 7.86. The van der Waals surface area contributed by atoms with Gasteiger partial charge in [0.25, 0.3) is 10.1 Å². The second-order valence-electron chi connectivity index (χ2n) is 2.49. The van der Waals surface area contributed by atoms with Gasteiger partial charge in [0.1, 0.15) is 6.10 Å². The first kappa shape index (κ1) is 10.9. The Bertz CT molecular complexity index is 195. The van der Waals surface area contributed by atoms with Gasteiger partial charge in [-0.3, -0.25) is 4.18 Å². The maximum absolute atomic E-state index is 10.6. The third-order valence-electron chi connectivity index (χ3n) is 1.24. The van der Waals surface area contributed by atoms with E-state index in [0.29, 0.717) is 6.42 Å². The van der Waals surface area contributed by atoms with E-state index in [1.54, 1.807) is 6.92 Å². The van der Waals surface area contributed by atoms with Crippen molar-refractivity contribution in [3.05, 3.63) is 0 Å². The maximum atomic E-state index is 10.6. The van der Waals surface area contributed by atoms with Gasteiger partial charge in [-0.25, -0.2) is 0 Å². The molecule has 0 spiro atoms. The molecule has 2 unspecified atom stereocenters. The van der Waals surface area contributed by atoms with Crippen LogP contribution in [0.3, 0.4) is 0 Å². The van der Waals surface area contributed by atoms with E-state index in [0.717, 1.165) is 6.26 Å². The van der Waals surface area contributed by atoms with Crippen molar-refractivity contribution in [3.63, 3.8) is 0 Å². The molecule has 0 aliphatic rings. The molecule has 0 radical (unpaired) electrons. The average molecular weight is 182 g/mol. The standard InChI is InChI=1S/C6H14O4S/c1-4-6(5(2)7)10-11(3,8)9/h5-7H,4H2,1-3H3. The summed E-state index contributed by atoms with van der Waals surface area (Å²) in [6, 6.07) is 0. The number of aliphatic hydroxyl groups excluding tert-OH is 1. The highest BCUT2D eigenvalue weighted by Crippen LogP contribution is 2.06. The second-order valence-corrected chi connectivity index (χ2v) is 4.09. The van der Waals surface area contributed by atoms with E-state index < -0.39 is 22.3 Å². The summed E-state index contributed by atoms with van der Waals surface area (Å²) in [7, 11) is -3.44. The Morgan fingerprint density at radius 1 is 1.55 bits per heavy atom. The smallest absolute Gasteiger partial charge is 0.264 e. The lowest BCUT2D eigenvalue weighted by molar-refractivity contribution is 0.0514. The summed E-state index contributed by atoms with van der Waals surface area (Å²) in [6.45, 7) is 3.25. The van der Waals surface area contributed by atoms with Gasteiger partial charge in [-0.2, -0.15) is 8.42 Å². The largest absolute Gasteiger partial charge is 0.391 e. The van der Waals surface area contributed by atoms with Crippen LogP contribution in [0.1, 0.15) is 20.3 Å². The molecule has 5 heteroatoms. The molecule has 0 bridgehead atoms. The summed E-state index contributed by atoms with van der Waals surface area (Å²) in [4.78, 5) is 0. The van der Waals surface area contributed by atoms with Gasteiger partial charge >= 0.3 is 0 Å². The lowest BCUT2D eigenvalue weighted by Crippen LogP contribution is -2.27. The molecule has 0 heterocycles. The van der Waals surface area contributed by atoms with E-state index in [4.69, 9.17) is 5.11 Å². The quantitative estimate of drug-likeness (QED) is 0.627. The topological polar surface area (TPSA) is 63.6 Å². The molecule has 0 fully saturated rings. The molecule has 0 aliphatic carbocycles. The summed E-state index contributed by atoms with van der Waals surface area (Å²) in [6.07, 6.45) is 0.0719. The molecule has 2 atom stereocenters. The Morgan fingerprint density at radius 3 is 2.09 bits per heavy atom. The summed E-state index contributed by atoms with van der Waals surface area (Å²) >= 11 is 0. The fourth-order valence-corrected chi connectivity index (χ4v) is 1.46. The van der Waals surface area contributed by atoms with E-state index in [1.807, 2.05) is 0 Å². The van der Waals surface area contributed by atoms with Gasteiger partial charge in [0, 0.05) is 0 Å². The molecule has 4 nitrogen and oxygen atoms in total. The minimum Gasteiger partial charge on any atom is -0.391 e. The van der Waals surface area contributed by atoms with Crippen molar-refractivity contribution in [1.29, 1.82) is 0 Å². The van der Waals surface area contributed by atoms with Crippen molar-refractivity contribution in [2.24, 2.45) is 0 Å². The molecule has 0 aromatic heterocycles. The van der Waals surface area contributed by atoms with Crippen LogP contribution in [0.2, 0.25) is 0 Å². The van der Waals surface area contributed by atoms with Crippen molar-refractivity contribution in [2.75, 3.05) is 6.26 Å². The molecule has 0 amide bonds. The Morgan fingerprint density at radius 2 is 2.00 bits per heavy atom. The van der Waals surface area contributed by atoms with Gasteiger partial charge in [0.15, 0.2) is 0 Å². The van der Waals surface area contributed by atoms with Gasteiger partial charge in [0.05, 0.1) is 12.4 Å². The van der Waals surface area contributed by atoms with Crippen molar-refractivity contribution < 1.29 is 17.7 Å². The zero-order valence-corrected chi connectivity index (χ0v) is 7.76. The fourth-order valence-electron chi connectivity index (χ4n) is 0.714. The summed E-state index contributed by atoms with van der Waals surface area (Å²) in [5.74, 6) is 0. The van der Waals surface area contributed by atoms with Crippen molar-refractivity contribution in [1.82, 2.24) is 0 Å². The first-order valence-corrected chi connectivity index (χ1v) is 5.24. The first-order chi connectivity index (χ1) is 4.87. The minimum atomic E-state index is -3.44. The SMILES string of the molecule is CCC(OS(C)(=O)=O)C(C)O. The molecular weight excluding hydrogens is 168 g/mol. The summed E-state index contributed by atoms with van der Waals surface area (Å²) in [5.41, 5.74) is 0. The summed E-state index contributed by atoms with van der Waals surface area (Å²) in [5, 5.41) is 8.99. The van der Waals surface area contributed by atoms with Gasteiger partial charge in [-0.1, -0.05) is 6.92 Å². The van der Waals surface area contributed by atoms with Gasteiger partial charge in [-0.05, 0) is 13.3 Å². The van der Waals surface area contributed by atoms with E-state index >= 15 is 0 Å². The molecule has 0 saturated heterocycles. The molecule has 0 aliphatic heterocycles. The molecule has 0 saturated carbocycles. The van der Waals surface area contributed by atoms with Crippen LogP contribution >= 0.6 is 0 Å². The van der Waals surface area contributed by atoms with Crippen molar-refractivity contribution in [3.8, 4) is 0 Å². The van der Waals surface area contributed by atoms with E-state index in [-0.39, 0.29) is 0 Å². The van der Waals surface area contributed by atoms with E-state index in [9.17, 15) is 8.42 Å². The maximum Gasteiger partial charge on any atom is 0.264 e. The van der Waals surface area contributed by atoms with Gasteiger partial charge in [0.2, 0.25) is 0 Å². The molecule has 1 N–H and O–H groups in total. The van der Waals surface area contributed by atoms with Crippen LogP contribution in [-0.4, -0.2) is 32.0 Å². The monoisotopic (exact) mass is 182 g/mol. The molecule has 0 aromatic carbocycles. The number of rotatable bonds is 4. The number of hydrogen-bond donors (Lipinski definition) is 1. The Balaban J connectivity index is 4.10. The molecule has 0 aromatic rings. The van der Waals surface area contributed by atoms with Crippen LogP contribution in [0, 0.1) is 0 Å². The van der Waals surface area contributed by atoms with Crippen LogP contribution in [0.5, 0.6) is 0 Å². The van der Waals surface area contributed by atoms with Crippen LogP contribution in [0.25, 0.3) is 0 Å². The average Bonchev–Trinajstić information content (AvgIpc) is 1.80. The molecule has 68 valence electrons. The van der Waals surface area contributed by atoms with E-state index in [1.165, 1.54) is 6.92 Å². The Kier molecular flexibility index (Phi) is 3.99. The Labute approximate surface area is 67.3 Å². The predicted molar refractivity (Wildman–Crippen MR) is 41.7 cm³/mol. The van der Waals surface area contributed by atoms with Gasteiger partial charge in [-0.15, -0.1) is 0 Å². The van der Waals surface area contributed by atoms with Gasteiger partial charge < -0.3 is 5.11 Å². The van der Waals surface area contributed by atoms with Crippen molar-refractivity contribution in [2.45, 2.75) is 32.5 Å². The fraction of sp³-hybridized carbons (Fsp3) is 1.00. The highest BCUT2D eigenvalue weighted by Gasteiger charge is 2.18. The summed E-state index contributed by atoms with van der Waals surface area (Å²) < 4.78 is 25.7. The predicted octanol–water partition coefficient (Wildman–Crippen LogP) is 0.122. The van der Waals surface area contributed by atoms with Crippen molar-refractivity contribution >= 4 is 10.1 Å². The third kappa shape index (κ3) is 5.17. The highest BCUT2D eigenvalue weighted by atomic mass is 32.2. The molecular formula is C6H14O4S. The second kappa shape index (κ2) is 4.04. The van der Waals surface area contributed by atoms with Crippen LogP contribution in [0.4, 0.5) is 0 Å². The van der Waals surface area contributed by atoms with Crippen LogP contribution < -0.4 is 0 Å².